The largest absolute Gasteiger partial charge is 0.494 e. The van der Waals surface area contributed by atoms with Crippen molar-refractivity contribution in [3.63, 3.8) is 0 Å². The predicted molar refractivity (Wildman–Crippen MR) is 130 cm³/mol. The van der Waals surface area contributed by atoms with Gasteiger partial charge in [0.2, 0.25) is 5.91 Å². The highest BCUT2D eigenvalue weighted by Gasteiger charge is 2.40. The highest BCUT2D eigenvalue weighted by atomic mass is 32.2. The number of amides is 2. The van der Waals surface area contributed by atoms with Crippen LogP contribution in [0.25, 0.3) is 6.08 Å². The number of thiocarbonyl (C=S) groups is 1. The number of rotatable bonds is 14. The fourth-order valence-corrected chi connectivity index (χ4v) is 4.63. The Morgan fingerprint density at radius 2 is 1.84 bits per heavy atom. The maximum absolute atomic E-state index is 12.8. The molecule has 1 aromatic carbocycles. The van der Waals surface area contributed by atoms with E-state index in [9.17, 15) is 19.5 Å². The van der Waals surface area contributed by atoms with Crippen LogP contribution in [0, 0.1) is 0 Å². The van der Waals surface area contributed by atoms with Gasteiger partial charge in [-0.25, -0.2) is 4.79 Å². The van der Waals surface area contributed by atoms with E-state index in [1.54, 1.807) is 6.08 Å². The molecule has 0 saturated carbocycles. The van der Waals surface area contributed by atoms with Crippen LogP contribution in [0.4, 0.5) is 0 Å². The van der Waals surface area contributed by atoms with Crippen LogP contribution in [-0.4, -0.2) is 44.8 Å². The molecule has 0 bridgehead atoms. The molecule has 1 heterocycles. The van der Waals surface area contributed by atoms with Crippen LogP contribution in [-0.2, 0) is 14.4 Å². The van der Waals surface area contributed by atoms with Gasteiger partial charge in [0.25, 0.3) is 5.91 Å². The summed E-state index contributed by atoms with van der Waals surface area (Å²) in [5.74, 6) is -1.58. The van der Waals surface area contributed by atoms with Crippen molar-refractivity contribution in [1.82, 2.24) is 4.90 Å². The van der Waals surface area contributed by atoms with Crippen molar-refractivity contribution >= 4 is 52.2 Å². The smallest absolute Gasteiger partial charge is 0.326 e. The molecular weight excluding hydrogens is 448 g/mol. The zero-order chi connectivity index (χ0) is 23.5. The molecule has 0 unspecified atom stereocenters. The molecule has 174 valence electrons. The molecule has 1 aliphatic rings. The Hall–Kier alpha value is -2.39. The van der Waals surface area contributed by atoms with E-state index < -0.39 is 23.8 Å². The van der Waals surface area contributed by atoms with Crippen LogP contribution in [0.5, 0.6) is 5.75 Å². The lowest BCUT2D eigenvalue weighted by atomic mass is 10.1. The van der Waals surface area contributed by atoms with Crippen molar-refractivity contribution in [3.05, 3.63) is 34.7 Å². The second kappa shape index (κ2) is 13.2. The zero-order valence-electron chi connectivity index (χ0n) is 18.2. The van der Waals surface area contributed by atoms with E-state index in [1.807, 2.05) is 24.3 Å². The molecule has 1 atom stereocenters. The topological polar surface area (TPSA) is 110 Å². The number of nitrogens with zero attached hydrogens (tertiary/aromatic N) is 1. The minimum Gasteiger partial charge on any atom is -0.494 e. The average molecular weight is 479 g/mol. The van der Waals surface area contributed by atoms with E-state index in [0.29, 0.717) is 11.5 Å². The van der Waals surface area contributed by atoms with Crippen molar-refractivity contribution in [2.24, 2.45) is 5.73 Å². The van der Waals surface area contributed by atoms with Crippen LogP contribution in [0.15, 0.2) is 29.2 Å². The van der Waals surface area contributed by atoms with Gasteiger partial charge in [-0.1, -0.05) is 75.1 Å². The van der Waals surface area contributed by atoms with Gasteiger partial charge >= 0.3 is 5.97 Å². The minimum atomic E-state index is -1.23. The van der Waals surface area contributed by atoms with Crippen LogP contribution < -0.4 is 10.5 Å². The third kappa shape index (κ3) is 7.94. The summed E-state index contributed by atoms with van der Waals surface area (Å²) in [5.41, 5.74) is 5.90. The van der Waals surface area contributed by atoms with Gasteiger partial charge < -0.3 is 15.6 Å². The molecule has 3 N–H and O–H groups in total. The number of nitrogens with two attached hydrogens (primary N) is 1. The number of aliphatic carboxylic acids is 1. The van der Waals surface area contributed by atoms with Crippen LogP contribution >= 0.6 is 24.0 Å². The molecule has 2 rings (SSSR count). The maximum atomic E-state index is 12.8. The van der Waals surface area contributed by atoms with Gasteiger partial charge in [0.1, 0.15) is 16.1 Å². The molecule has 0 aliphatic carbocycles. The van der Waals surface area contributed by atoms with Gasteiger partial charge in [-0.05, 0) is 36.6 Å². The van der Waals surface area contributed by atoms with Gasteiger partial charge in [-0.2, -0.15) is 0 Å². The number of carboxylic acids is 1. The summed E-state index contributed by atoms with van der Waals surface area (Å²) in [4.78, 5) is 36.8. The SMILES string of the molecule is CCCCCCCCOc1ccc(/C=C2/SC(=S)N([C@@H](CCC(N)=O)C(=O)O)C2=O)cc1. The minimum absolute atomic E-state index is 0.0883. The van der Waals surface area contributed by atoms with E-state index in [4.69, 9.17) is 22.7 Å². The second-order valence-electron chi connectivity index (χ2n) is 7.60. The van der Waals surface area contributed by atoms with E-state index >= 15 is 0 Å². The normalized spacial score (nSPS) is 15.9. The van der Waals surface area contributed by atoms with Gasteiger partial charge in [-0.15, -0.1) is 0 Å². The fraction of sp³-hybridized carbons (Fsp3) is 0.478. The lowest BCUT2D eigenvalue weighted by Crippen LogP contribution is -2.44. The lowest BCUT2D eigenvalue weighted by molar-refractivity contribution is -0.145. The molecule has 32 heavy (non-hydrogen) atoms. The van der Waals surface area contributed by atoms with E-state index in [-0.39, 0.29) is 17.2 Å². The molecule has 1 saturated heterocycles. The standard InChI is InChI=1S/C23H30N2O5S2/c1-2-3-4-5-6-7-14-30-17-10-8-16(9-11-17)15-19-21(27)25(23(31)32-19)18(22(28)29)12-13-20(24)26/h8-11,15,18H,2-7,12-14H2,1H3,(H2,24,26)(H,28,29)/b19-15+/t18-/m0/s1. The molecule has 1 aromatic rings. The lowest BCUT2D eigenvalue weighted by Gasteiger charge is -2.22. The first kappa shape index (κ1) is 25.9. The molecule has 2 amide bonds. The quantitative estimate of drug-likeness (QED) is 0.232. The molecule has 0 aromatic heterocycles. The predicted octanol–water partition coefficient (Wildman–Crippen LogP) is 4.35. The zero-order valence-corrected chi connectivity index (χ0v) is 19.9. The number of primary amides is 1. The number of carbonyl (C=O) groups excluding carboxylic acids is 2. The number of carboxylic acid groups (broad SMARTS) is 1. The van der Waals surface area contributed by atoms with Crippen LogP contribution in [0.1, 0.15) is 63.9 Å². The first-order valence-corrected chi connectivity index (χ1v) is 12.1. The molecule has 0 spiro atoms. The molecule has 1 aliphatic heterocycles. The summed E-state index contributed by atoms with van der Waals surface area (Å²) in [5, 5.41) is 9.48. The monoisotopic (exact) mass is 478 g/mol. The Bertz CT molecular complexity index is 854. The summed E-state index contributed by atoms with van der Waals surface area (Å²) >= 11 is 6.27. The first-order chi connectivity index (χ1) is 15.3. The molecule has 7 nitrogen and oxygen atoms in total. The molecule has 9 heteroatoms. The summed E-state index contributed by atoms with van der Waals surface area (Å²) < 4.78 is 5.92. The number of hydrogen-bond acceptors (Lipinski definition) is 6. The second-order valence-corrected chi connectivity index (χ2v) is 9.27. The summed E-state index contributed by atoms with van der Waals surface area (Å²) in [6.45, 7) is 2.87. The van der Waals surface area contributed by atoms with Gasteiger partial charge in [-0.3, -0.25) is 14.5 Å². The van der Waals surface area contributed by atoms with E-state index in [1.165, 1.54) is 25.7 Å². The van der Waals surface area contributed by atoms with Gasteiger partial charge in [0.15, 0.2) is 0 Å². The summed E-state index contributed by atoms with van der Waals surface area (Å²) in [6.07, 6.45) is 8.65. The Morgan fingerprint density at radius 1 is 1.19 bits per heavy atom. The van der Waals surface area contributed by atoms with Gasteiger partial charge in [0, 0.05) is 6.42 Å². The van der Waals surface area contributed by atoms with Crippen LogP contribution in [0.2, 0.25) is 0 Å². The highest BCUT2D eigenvalue weighted by Crippen LogP contribution is 2.35. The number of unbranched alkanes of at least 4 members (excludes halogenated alkanes) is 5. The fourth-order valence-electron chi connectivity index (χ4n) is 3.27. The van der Waals surface area contributed by atoms with Crippen molar-refractivity contribution < 1.29 is 24.2 Å². The van der Waals surface area contributed by atoms with Crippen molar-refractivity contribution in [2.75, 3.05) is 6.61 Å². The summed E-state index contributed by atoms with van der Waals surface area (Å²) in [6, 6.07) is 6.14. The van der Waals surface area contributed by atoms with E-state index in [0.717, 1.165) is 40.8 Å². The number of benzene rings is 1. The molecular formula is C23H30N2O5S2. The van der Waals surface area contributed by atoms with Crippen molar-refractivity contribution in [2.45, 2.75) is 64.3 Å². The number of ether oxygens (including phenoxy) is 1. The van der Waals surface area contributed by atoms with E-state index in [2.05, 4.69) is 6.92 Å². The Labute approximate surface area is 198 Å². The molecule has 1 fully saturated rings. The average Bonchev–Trinajstić information content (AvgIpc) is 3.02. The van der Waals surface area contributed by atoms with Gasteiger partial charge in [0.05, 0.1) is 11.5 Å². The highest BCUT2D eigenvalue weighted by molar-refractivity contribution is 8.26. The maximum Gasteiger partial charge on any atom is 0.326 e. The first-order valence-electron chi connectivity index (χ1n) is 10.8. The Morgan fingerprint density at radius 3 is 2.47 bits per heavy atom. The number of thioether (sulfide) groups is 1. The Balaban J connectivity index is 1.94. The third-order valence-electron chi connectivity index (χ3n) is 5.03. The van der Waals surface area contributed by atoms with Crippen molar-refractivity contribution in [3.8, 4) is 5.75 Å². The number of carbonyl (C=O) groups is 3. The Kier molecular flexibility index (Phi) is 10.7. The van der Waals surface area contributed by atoms with Crippen LogP contribution in [0.3, 0.4) is 0 Å². The third-order valence-corrected chi connectivity index (χ3v) is 6.36. The van der Waals surface area contributed by atoms with Crippen molar-refractivity contribution in [1.29, 1.82) is 0 Å². The summed E-state index contributed by atoms with van der Waals surface area (Å²) in [7, 11) is 0. The molecule has 0 radical (unpaired) electrons. The number of hydrogen-bond donors (Lipinski definition) is 2.